The molecular formula is C28H35Cl2NO5Si. The fraction of sp³-hybridized carbons (Fsp3) is 0.429. The molecule has 2 aromatic rings. The van der Waals surface area contributed by atoms with Crippen LogP contribution in [0.2, 0.25) is 28.2 Å². The number of hydrogen-bond acceptors (Lipinski definition) is 5. The summed E-state index contributed by atoms with van der Waals surface area (Å²) in [7, 11) is -1.90. The first-order chi connectivity index (χ1) is 17.0. The molecule has 2 amide bonds. The highest BCUT2D eigenvalue weighted by Gasteiger charge is 2.40. The van der Waals surface area contributed by atoms with Gasteiger partial charge in [0.05, 0.1) is 17.9 Å². The van der Waals surface area contributed by atoms with Crippen molar-refractivity contribution in [3.63, 3.8) is 0 Å². The predicted molar refractivity (Wildman–Crippen MR) is 153 cm³/mol. The Balaban J connectivity index is 1.92. The zero-order valence-corrected chi connectivity index (χ0v) is 25.2. The largest absolute Gasteiger partial charge is 0.491 e. The van der Waals surface area contributed by atoms with Crippen LogP contribution < -0.4 is 9.64 Å². The molecule has 37 heavy (non-hydrogen) atoms. The highest BCUT2D eigenvalue weighted by Crippen LogP contribution is 2.41. The van der Waals surface area contributed by atoms with Crippen LogP contribution in [0, 0.1) is 0 Å². The summed E-state index contributed by atoms with van der Waals surface area (Å²) in [5.41, 5.74) is 1.07. The van der Waals surface area contributed by atoms with Crippen molar-refractivity contribution >= 4 is 60.9 Å². The number of fused-ring (bicyclic) bond motifs is 1. The molecular weight excluding hydrogens is 529 g/mol. The molecule has 0 atom stereocenters. The molecule has 0 saturated heterocycles. The van der Waals surface area contributed by atoms with Gasteiger partial charge >= 0.3 is 6.09 Å². The molecule has 200 valence electrons. The lowest BCUT2D eigenvalue weighted by molar-refractivity contribution is -0.112. The van der Waals surface area contributed by atoms with Crippen molar-refractivity contribution in [1.82, 2.24) is 0 Å². The topological polar surface area (TPSA) is 65.1 Å². The monoisotopic (exact) mass is 563 g/mol. The summed E-state index contributed by atoms with van der Waals surface area (Å²) in [4.78, 5) is 27.4. The van der Waals surface area contributed by atoms with Gasteiger partial charge in [-0.1, -0.05) is 50.0 Å². The minimum absolute atomic E-state index is 0.0992. The second kappa shape index (κ2) is 10.8. The number of carbonyl (C=O) groups excluding carboxylic acids is 2. The smallest absolute Gasteiger partial charge is 0.422 e. The number of imide groups is 1. The summed E-state index contributed by atoms with van der Waals surface area (Å²) in [5, 5.41) is 0.986. The zero-order valence-electron chi connectivity index (χ0n) is 22.7. The number of hydrogen-bond donors (Lipinski definition) is 0. The van der Waals surface area contributed by atoms with E-state index in [1.54, 1.807) is 63.2 Å². The Morgan fingerprint density at radius 3 is 2.22 bits per heavy atom. The van der Waals surface area contributed by atoms with Crippen LogP contribution >= 0.6 is 23.2 Å². The number of nitrogens with zero attached hydrogens (tertiary/aromatic N) is 1. The molecule has 6 nitrogen and oxygen atoms in total. The lowest BCUT2D eigenvalue weighted by atomic mass is 10.0. The molecule has 0 radical (unpaired) electrons. The second-order valence-electron chi connectivity index (χ2n) is 11.5. The third-order valence-electron chi connectivity index (χ3n) is 6.38. The van der Waals surface area contributed by atoms with Crippen molar-refractivity contribution in [2.24, 2.45) is 0 Å². The SMILES string of the molecule is CC(C)(C)OC(=O)N1C(=O)/C(=C/c2cc(Cl)ccc2OCCO[Si](C)(C)C(C)(C)C)c2ccc(Cl)cc21. The van der Waals surface area contributed by atoms with Crippen molar-refractivity contribution < 1.29 is 23.5 Å². The second-order valence-corrected chi connectivity index (χ2v) is 17.2. The van der Waals surface area contributed by atoms with Gasteiger partial charge in [-0.05, 0) is 75.3 Å². The molecule has 0 unspecified atom stereocenters. The van der Waals surface area contributed by atoms with E-state index in [2.05, 4.69) is 33.9 Å². The Bertz CT molecular complexity index is 1230. The predicted octanol–water partition coefficient (Wildman–Crippen LogP) is 8.22. The van der Waals surface area contributed by atoms with Crippen LogP contribution in [0.1, 0.15) is 52.7 Å². The lowest BCUT2D eigenvalue weighted by Gasteiger charge is -2.36. The van der Waals surface area contributed by atoms with Crippen molar-refractivity contribution in [2.75, 3.05) is 18.1 Å². The first kappa shape index (κ1) is 29.2. The Kier molecular flexibility index (Phi) is 8.54. The number of rotatable bonds is 6. The molecule has 0 aromatic heterocycles. The van der Waals surface area contributed by atoms with Gasteiger partial charge in [-0.2, -0.15) is 0 Å². The molecule has 0 spiro atoms. The van der Waals surface area contributed by atoms with Gasteiger partial charge in [0.25, 0.3) is 5.91 Å². The maximum Gasteiger partial charge on any atom is 0.422 e. The summed E-state index contributed by atoms with van der Waals surface area (Å²) in [6, 6.07) is 10.2. The third kappa shape index (κ3) is 6.96. The van der Waals surface area contributed by atoms with E-state index in [-0.39, 0.29) is 5.04 Å². The summed E-state index contributed by atoms with van der Waals surface area (Å²) >= 11 is 12.5. The average molecular weight is 565 g/mol. The Hall–Kier alpha value is -2.32. The minimum Gasteiger partial charge on any atom is -0.491 e. The van der Waals surface area contributed by atoms with Crippen molar-refractivity contribution in [2.45, 2.75) is 65.3 Å². The van der Waals surface area contributed by atoms with E-state index in [9.17, 15) is 9.59 Å². The molecule has 1 heterocycles. The molecule has 3 rings (SSSR count). The maximum absolute atomic E-state index is 13.5. The van der Waals surface area contributed by atoms with E-state index in [4.69, 9.17) is 37.1 Å². The van der Waals surface area contributed by atoms with Gasteiger partial charge in [-0.15, -0.1) is 0 Å². The van der Waals surface area contributed by atoms with Crippen molar-refractivity contribution in [3.05, 3.63) is 57.6 Å². The standard InChI is InChI=1S/C28H35Cl2NO5Si/c1-27(2,3)36-26(33)31-23-17-20(30)9-11-21(23)22(25(31)32)16-18-15-19(29)10-12-24(18)34-13-14-35-37(7,8)28(4,5)6/h9-12,15-17H,13-14H2,1-8H3/b22-16+. The number of anilines is 1. The number of carbonyl (C=O) groups is 2. The molecule has 0 bridgehead atoms. The van der Waals surface area contributed by atoms with Gasteiger partial charge in [-0.25, -0.2) is 9.69 Å². The van der Waals surface area contributed by atoms with Crippen LogP contribution in [0.25, 0.3) is 11.6 Å². The van der Waals surface area contributed by atoms with E-state index >= 15 is 0 Å². The first-order valence-electron chi connectivity index (χ1n) is 12.2. The van der Waals surface area contributed by atoms with Gasteiger partial charge in [0.15, 0.2) is 8.32 Å². The van der Waals surface area contributed by atoms with Crippen LogP contribution in [0.4, 0.5) is 10.5 Å². The van der Waals surface area contributed by atoms with E-state index in [1.165, 1.54) is 0 Å². The molecule has 0 N–H and O–H groups in total. The molecule has 0 aliphatic carbocycles. The van der Waals surface area contributed by atoms with E-state index in [0.717, 1.165) is 4.90 Å². The molecule has 0 fully saturated rings. The van der Waals surface area contributed by atoms with Crippen LogP contribution in [-0.4, -0.2) is 39.1 Å². The molecule has 0 saturated carbocycles. The quantitative estimate of drug-likeness (QED) is 0.201. The van der Waals surface area contributed by atoms with Gasteiger partial charge in [0, 0.05) is 21.2 Å². The average Bonchev–Trinajstić information content (AvgIpc) is 3.01. The molecule has 9 heteroatoms. The van der Waals surface area contributed by atoms with Gasteiger partial charge in [-0.3, -0.25) is 4.79 Å². The van der Waals surface area contributed by atoms with E-state index < -0.39 is 25.9 Å². The van der Waals surface area contributed by atoms with Crippen LogP contribution in [0.3, 0.4) is 0 Å². The molecule has 2 aromatic carbocycles. The Morgan fingerprint density at radius 2 is 1.59 bits per heavy atom. The van der Waals surface area contributed by atoms with Crippen molar-refractivity contribution in [3.8, 4) is 5.75 Å². The van der Waals surface area contributed by atoms with E-state index in [0.29, 0.717) is 51.4 Å². The number of ether oxygens (including phenoxy) is 2. The number of benzene rings is 2. The van der Waals surface area contributed by atoms with E-state index in [1.807, 2.05) is 0 Å². The third-order valence-corrected chi connectivity index (χ3v) is 11.4. The van der Waals surface area contributed by atoms with Crippen molar-refractivity contribution in [1.29, 1.82) is 0 Å². The highest BCUT2D eigenvalue weighted by atomic mass is 35.5. The lowest BCUT2D eigenvalue weighted by Crippen LogP contribution is -2.41. The summed E-state index contributed by atoms with van der Waals surface area (Å²) in [5.74, 6) is 0.0356. The first-order valence-corrected chi connectivity index (χ1v) is 15.8. The summed E-state index contributed by atoms with van der Waals surface area (Å²) in [6.45, 7) is 17.0. The fourth-order valence-corrected chi connectivity index (χ4v) is 4.85. The van der Waals surface area contributed by atoms with Gasteiger partial charge in [0.2, 0.25) is 0 Å². The Morgan fingerprint density at radius 1 is 0.973 bits per heavy atom. The van der Waals surface area contributed by atoms with Crippen LogP contribution in [0.15, 0.2) is 36.4 Å². The maximum atomic E-state index is 13.5. The molecule has 1 aliphatic heterocycles. The number of amides is 2. The zero-order chi connectivity index (χ0) is 27.8. The van der Waals surface area contributed by atoms with Crippen LogP contribution in [-0.2, 0) is 14.0 Å². The van der Waals surface area contributed by atoms with Gasteiger partial charge < -0.3 is 13.9 Å². The fourth-order valence-electron chi connectivity index (χ4n) is 3.47. The highest BCUT2D eigenvalue weighted by molar-refractivity contribution is 6.74. The van der Waals surface area contributed by atoms with Crippen LogP contribution in [0.5, 0.6) is 5.75 Å². The molecule has 1 aliphatic rings. The summed E-state index contributed by atoms with van der Waals surface area (Å²) < 4.78 is 17.8. The minimum atomic E-state index is -1.90. The van der Waals surface area contributed by atoms with Gasteiger partial charge in [0.1, 0.15) is 18.0 Å². The Labute approximate surface area is 230 Å². The normalized spacial score (nSPS) is 15.2. The summed E-state index contributed by atoms with van der Waals surface area (Å²) in [6.07, 6.45) is 0.907. The number of halogens is 2.